The highest BCUT2D eigenvalue weighted by Crippen LogP contribution is 2.24. The number of likely N-dealkylation sites (tertiary alicyclic amines) is 2. The van der Waals surface area contributed by atoms with Crippen LogP contribution in [0.2, 0.25) is 0 Å². The molecule has 2 aliphatic rings. The molecular weight excluding hydrogens is 392 g/mol. The van der Waals surface area contributed by atoms with Gasteiger partial charge in [-0.2, -0.15) is 0 Å². The Kier molecular flexibility index (Phi) is 8.37. The zero-order valence-corrected chi connectivity index (χ0v) is 18.4. The van der Waals surface area contributed by atoms with Crippen LogP contribution in [-0.4, -0.2) is 89.6 Å². The van der Waals surface area contributed by atoms with Crippen molar-refractivity contribution in [2.45, 2.75) is 58.7 Å². The van der Waals surface area contributed by atoms with E-state index in [1.54, 1.807) is 9.80 Å². The van der Waals surface area contributed by atoms with E-state index < -0.39 is 17.4 Å². The molecular formula is C21H34N2O7. The highest BCUT2D eigenvalue weighted by atomic mass is 16.5. The van der Waals surface area contributed by atoms with Crippen molar-refractivity contribution in [2.75, 3.05) is 39.4 Å². The molecule has 2 saturated heterocycles. The molecule has 0 aliphatic carbocycles. The quantitative estimate of drug-likeness (QED) is 0.375. The molecule has 0 radical (unpaired) electrons. The minimum atomic E-state index is -1.47. The third-order valence-corrected chi connectivity index (χ3v) is 5.36. The van der Waals surface area contributed by atoms with Crippen molar-refractivity contribution >= 4 is 23.6 Å². The molecule has 1 N–H and O–H groups in total. The number of carbonyl (C=O) groups is 4. The van der Waals surface area contributed by atoms with Crippen molar-refractivity contribution < 1.29 is 33.8 Å². The fourth-order valence-corrected chi connectivity index (χ4v) is 3.72. The maximum Gasteiger partial charge on any atom is 0.311 e. The third-order valence-electron chi connectivity index (χ3n) is 5.36. The van der Waals surface area contributed by atoms with Crippen molar-refractivity contribution in [1.82, 2.24) is 9.80 Å². The standard InChI is InChI=1S/C21H34N2O7/c1-14(2)29-8-5-9-30-20(27)16-11-18(25)23(13-16)7-6-22-12-15(10-17(22)24)19(26)21(3,4)28/h14-16,28H,5-13H2,1-4H3. The van der Waals surface area contributed by atoms with E-state index in [9.17, 15) is 24.3 Å². The van der Waals surface area contributed by atoms with Crippen molar-refractivity contribution in [3.8, 4) is 0 Å². The van der Waals surface area contributed by atoms with E-state index in [1.165, 1.54) is 13.8 Å². The molecule has 170 valence electrons. The van der Waals surface area contributed by atoms with Crippen LogP contribution in [-0.2, 0) is 28.7 Å². The summed E-state index contributed by atoms with van der Waals surface area (Å²) in [6.45, 7) is 8.61. The number of ether oxygens (including phenoxy) is 2. The second kappa shape index (κ2) is 10.3. The first kappa shape index (κ1) is 24.3. The smallest absolute Gasteiger partial charge is 0.311 e. The Morgan fingerprint density at radius 3 is 2.10 bits per heavy atom. The molecule has 30 heavy (non-hydrogen) atoms. The number of Topliss-reactive ketones (excluding diaryl/α,β-unsaturated/α-hetero) is 1. The first-order chi connectivity index (χ1) is 14.0. The number of esters is 1. The van der Waals surface area contributed by atoms with Gasteiger partial charge in [-0.15, -0.1) is 0 Å². The lowest BCUT2D eigenvalue weighted by Gasteiger charge is -2.23. The van der Waals surface area contributed by atoms with Crippen LogP contribution in [0.1, 0.15) is 47.0 Å². The second-order valence-electron chi connectivity index (χ2n) is 8.85. The van der Waals surface area contributed by atoms with Gasteiger partial charge in [-0.1, -0.05) is 0 Å². The topological polar surface area (TPSA) is 113 Å². The lowest BCUT2D eigenvalue weighted by atomic mass is 9.91. The summed E-state index contributed by atoms with van der Waals surface area (Å²) in [5.74, 6) is -2.07. The SMILES string of the molecule is CC(C)OCCCOC(=O)C1CC(=O)N(CCN2CC(C(=O)C(C)(C)O)CC2=O)C1. The zero-order chi connectivity index (χ0) is 22.5. The van der Waals surface area contributed by atoms with Gasteiger partial charge in [0, 0.05) is 51.4 Å². The van der Waals surface area contributed by atoms with Crippen molar-refractivity contribution in [3.63, 3.8) is 0 Å². The van der Waals surface area contributed by atoms with Crippen molar-refractivity contribution in [3.05, 3.63) is 0 Å². The number of hydrogen-bond acceptors (Lipinski definition) is 7. The number of hydrogen-bond donors (Lipinski definition) is 1. The molecule has 2 amide bonds. The third kappa shape index (κ3) is 6.77. The Labute approximate surface area is 177 Å². The summed E-state index contributed by atoms with van der Waals surface area (Å²) < 4.78 is 10.6. The van der Waals surface area contributed by atoms with Crippen LogP contribution in [0.3, 0.4) is 0 Å². The molecule has 0 aromatic rings. The van der Waals surface area contributed by atoms with Gasteiger partial charge in [-0.25, -0.2) is 0 Å². The summed E-state index contributed by atoms with van der Waals surface area (Å²) in [5, 5.41) is 9.87. The Morgan fingerprint density at radius 1 is 1.03 bits per heavy atom. The maximum absolute atomic E-state index is 12.2. The van der Waals surface area contributed by atoms with Crippen LogP contribution in [0.5, 0.6) is 0 Å². The van der Waals surface area contributed by atoms with Crippen LogP contribution in [0.4, 0.5) is 0 Å². The van der Waals surface area contributed by atoms with Gasteiger partial charge in [0.2, 0.25) is 11.8 Å². The van der Waals surface area contributed by atoms with Crippen molar-refractivity contribution in [1.29, 1.82) is 0 Å². The molecule has 0 aromatic heterocycles. The molecule has 2 heterocycles. The van der Waals surface area contributed by atoms with Gasteiger partial charge in [0.25, 0.3) is 0 Å². The maximum atomic E-state index is 12.2. The van der Waals surface area contributed by atoms with Gasteiger partial charge >= 0.3 is 5.97 Å². The largest absolute Gasteiger partial charge is 0.465 e. The lowest BCUT2D eigenvalue weighted by Crippen LogP contribution is -2.40. The number of ketones is 1. The van der Waals surface area contributed by atoms with Gasteiger partial charge in [0.05, 0.1) is 25.2 Å². The summed E-state index contributed by atoms with van der Waals surface area (Å²) in [6.07, 6.45) is 0.921. The van der Waals surface area contributed by atoms with E-state index in [0.29, 0.717) is 26.1 Å². The fraction of sp³-hybridized carbons (Fsp3) is 0.810. The first-order valence-corrected chi connectivity index (χ1v) is 10.6. The zero-order valence-electron chi connectivity index (χ0n) is 18.4. The summed E-state index contributed by atoms with van der Waals surface area (Å²) >= 11 is 0. The van der Waals surface area contributed by atoms with Crippen LogP contribution < -0.4 is 0 Å². The predicted molar refractivity (Wildman–Crippen MR) is 107 cm³/mol. The molecule has 2 atom stereocenters. The first-order valence-electron chi connectivity index (χ1n) is 10.6. The average Bonchev–Trinajstić information content (AvgIpc) is 3.20. The van der Waals surface area contributed by atoms with E-state index in [0.717, 1.165) is 0 Å². The van der Waals surface area contributed by atoms with Gasteiger partial charge in [0.15, 0.2) is 5.78 Å². The molecule has 0 aromatic carbocycles. The lowest BCUT2D eigenvalue weighted by molar-refractivity contribution is -0.148. The minimum Gasteiger partial charge on any atom is -0.465 e. The summed E-state index contributed by atoms with van der Waals surface area (Å²) in [4.78, 5) is 51.9. The number of carbonyl (C=O) groups excluding carboxylic acids is 4. The van der Waals surface area contributed by atoms with E-state index in [1.807, 2.05) is 13.8 Å². The normalized spacial score (nSPS) is 22.3. The number of nitrogens with zero attached hydrogens (tertiary/aromatic N) is 2. The van der Waals surface area contributed by atoms with Gasteiger partial charge < -0.3 is 24.4 Å². The van der Waals surface area contributed by atoms with E-state index in [-0.39, 0.29) is 62.2 Å². The van der Waals surface area contributed by atoms with Crippen molar-refractivity contribution in [2.24, 2.45) is 11.8 Å². The molecule has 0 bridgehead atoms. The number of rotatable bonds is 11. The Bertz CT molecular complexity index is 656. The van der Waals surface area contributed by atoms with Crippen LogP contribution in [0.25, 0.3) is 0 Å². The fourth-order valence-electron chi connectivity index (χ4n) is 3.72. The summed E-state index contributed by atoms with van der Waals surface area (Å²) in [5.41, 5.74) is -1.47. The van der Waals surface area contributed by atoms with E-state index in [2.05, 4.69) is 0 Å². The number of amides is 2. The Morgan fingerprint density at radius 2 is 1.57 bits per heavy atom. The minimum absolute atomic E-state index is 0.0756. The van der Waals surface area contributed by atoms with Crippen LogP contribution in [0.15, 0.2) is 0 Å². The monoisotopic (exact) mass is 426 g/mol. The highest BCUT2D eigenvalue weighted by Gasteiger charge is 2.40. The predicted octanol–water partition coefficient (Wildman–Crippen LogP) is 0.382. The second-order valence-corrected chi connectivity index (χ2v) is 8.85. The molecule has 2 rings (SSSR count). The summed E-state index contributed by atoms with van der Waals surface area (Å²) in [6, 6.07) is 0. The number of aliphatic hydroxyl groups is 1. The van der Waals surface area contributed by atoms with Crippen LogP contribution in [0, 0.1) is 11.8 Å². The van der Waals surface area contributed by atoms with Gasteiger partial charge in [0.1, 0.15) is 5.60 Å². The Balaban J connectivity index is 1.74. The Hall–Kier alpha value is -2.00. The summed E-state index contributed by atoms with van der Waals surface area (Å²) in [7, 11) is 0. The molecule has 2 fully saturated rings. The molecule has 2 unspecified atom stereocenters. The van der Waals surface area contributed by atoms with Gasteiger partial charge in [-0.3, -0.25) is 19.2 Å². The van der Waals surface area contributed by atoms with Crippen LogP contribution >= 0.6 is 0 Å². The average molecular weight is 427 g/mol. The van der Waals surface area contributed by atoms with Gasteiger partial charge in [-0.05, 0) is 27.7 Å². The van der Waals surface area contributed by atoms with E-state index >= 15 is 0 Å². The molecule has 0 saturated carbocycles. The molecule has 9 heteroatoms. The molecule has 9 nitrogen and oxygen atoms in total. The highest BCUT2D eigenvalue weighted by molar-refractivity contribution is 5.94. The molecule has 2 aliphatic heterocycles. The molecule has 0 spiro atoms. The van der Waals surface area contributed by atoms with E-state index in [4.69, 9.17) is 9.47 Å².